The molecule has 0 atom stereocenters. The summed E-state index contributed by atoms with van der Waals surface area (Å²) in [5, 5.41) is 12.7. The third-order valence-corrected chi connectivity index (χ3v) is 3.86. The molecule has 0 N–H and O–H groups in total. The number of nitrogens with zero attached hydrogens (tertiary/aromatic N) is 4. The second-order valence-electron chi connectivity index (χ2n) is 5.40. The standard InChI is InChI=1S/C17H16N4O4/c1-22-13-6-4-12(8-15(13)23-2)17-18-20-21(19-17)9-11-3-5-14-16(7-11)25-10-24-14/h3-8H,9-10H2,1-2H3. The maximum Gasteiger partial charge on any atom is 0.231 e. The zero-order valence-electron chi connectivity index (χ0n) is 13.8. The molecule has 0 unspecified atom stereocenters. The normalized spacial score (nSPS) is 12.2. The van der Waals surface area contributed by atoms with Gasteiger partial charge in [-0.05, 0) is 41.1 Å². The van der Waals surface area contributed by atoms with Crippen LogP contribution in [0, 0.1) is 0 Å². The van der Waals surface area contributed by atoms with Crippen LogP contribution >= 0.6 is 0 Å². The number of fused-ring (bicyclic) bond motifs is 1. The number of tetrazole rings is 1. The van der Waals surface area contributed by atoms with Gasteiger partial charge in [0.25, 0.3) is 0 Å². The molecule has 0 spiro atoms. The van der Waals surface area contributed by atoms with Crippen LogP contribution in [0.4, 0.5) is 0 Å². The van der Waals surface area contributed by atoms with Crippen molar-refractivity contribution in [3.8, 4) is 34.4 Å². The Labute approximate surface area is 143 Å². The average molecular weight is 340 g/mol. The van der Waals surface area contributed by atoms with Gasteiger partial charge in [0, 0.05) is 5.56 Å². The van der Waals surface area contributed by atoms with Crippen molar-refractivity contribution in [3.63, 3.8) is 0 Å². The van der Waals surface area contributed by atoms with E-state index in [-0.39, 0.29) is 6.79 Å². The molecule has 0 amide bonds. The molecule has 2 heterocycles. The first kappa shape index (κ1) is 15.3. The van der Waals surface area contributed by atoms with Crippen molar-refractivity contribution in [2.24, 2.45) is 0 Å². The van der Waals surface area contributed by atoms with Crippen LogP contribution in [0.1, 0.15) is 5.56 Å². The highest BCUT2D eigenvalue weighted by molar-refractivity contribution is 5.60. The van der Waals surface area contributed by atoms with Gasteiger partial charge in [0.2, 0.25) is 12.6 Å². The average Bonchev–Trinajstić information content (AvgIpc) is 3.30. The smallest absolute Gasteiger partial charge is 0.231 e. The topological polar surface area (TPSA) is 80.5 Å². The molecule has 4 rings (SSSR count). The predicted molar refractivity (Wildman–Crippen MR) is 88.0 cm³/mol. The van der Waals surface area contributed by atoms with Gasteiger partial charge < -0.3 is 18.9 Å². The molecule has 128 valence electrons. The summed E-state index contributed by atoms with van der Waals surface area (Å²) in [5.74, 6) is 3.27. The Morgan fingerprint density at radius 1 is 1.00 bits per heavy atom. The maximum atomic E-state index is 5.39. The summed E-state index contributed by atoms with van der Waals surface area (Å²) in [7, 11) is 3.18. The third kappa shape index (κ3) is 2.93. The van der Waals surface area contributed by atoms with Crippen molar-refractivity contribution in [3.05, 3.63) is 42.0 Å². The van der Waals surface area contributed by atoms with E-state index in [1.165, 1.54) is 4.80 Å². The lowest BCUT2D eigenvalue weighted by atomic mass is 10.2. The number of hydrogen-bond donors (Lipinski definition) is 0. The Bertz CT molecular complexity index is 909. The number of ether oxygens (including phenoxy) is 4. The van der Waals surface area contributed by atoms with Crippen molar-refractivity contribution in [2.45, 2.75) is 6.54 Å². The molecule has 2 aromatic carbocycles. The van der Waals surface area contributed by atoms with Crippen LogP contribution in [-0.2, 0) is 6.54 Å². The molecule has 0 saturated carbocycles. The van der Waals surface area contributed by atoms with Crippen molar-refractivity contribution in [2.75, 3.05) is 21.0 Å². The van der Waals surface area contributed by atoms with E-state index in [9.17, 15) is 0 Å². The molecule has 0 bridgehead atoms. The lowest BCUT2D eigenvalue weighted by Gasteiger charge is -2.07. The summed E-state index contributed by atoms with van der Waals surface area (Å²) in [5.41, 5.74) is 1.80. The Kier molecular flexibility index (Phi) is 3.85. The van der Waals surface area contributed by atoms with E-state index in [0.717, 1.165) is 22.6 Å². The van der Waals surface area contributed by atoms with E-state index in [1.807, 2.05) is 36.4 Å². The van der Waals surface area contributed by atoms with Gasteiger partial charge in [0.15, 0.2) is 23.0 Å². The number of methoxy groups -OCH3 is 2. The summed E-state index contributed by atoms with van der Waals surface area (Å²) in [4.78, 5) is 1.53. The first-order valence-corrected chi connectivity index (χ1v) is 7.65. The van der Waals surface area contributed by atoms with Crippen LogP contribution in [0.15, 0.2) is 36.4 Å². The van der Waals surface area contributed by atoms with Crippen LogP contribution in [-0.4, -0.2) is 41.2 Å². The van der Waals surface area contributed by atoms with Crippen molar-refractivity contribution < 1.29 is 18.9 Å². The molecule has 25 heavy (non-hydrogen) atoms. The highest BCUT2D eigenvalue weighted by atomic mass is 16.7. The minimum Gasteiger partial charge on any atom is -0.493 e. The van der Waals surface area contributed by atoms with Crippen molar-refractivity contribution in [1.82, 2.24) is 20.2 Å². The van der Waals surface area contributed by atoms with Gasteiger partial charge in [0.05, 0.1) is 20.8 Å². The van der Waals surface area contributed by atoms with Crippen LogP contribution in [0.3, 0.4) is 0 Å². The summed E-state index contributed by atoms with van der Waals surface area (Å²) in [6, 6.07) is 11.2. The van der Waals surface area contributed by atoms with Gasteiger partial charge in [0.1, 0.15) is 0 Å². The fourth-order valence-corrected chi connectivity index (χ4v) is 2.60. The Morgan fingerprint density at radius 3 is 2.68 bits per heavy atom. The zero-order valence-corrected chi connectivity index (χ0v) is 13.8. The Hall–Kier alpha value is -3.29. The van der Waals surface area contributed by atoms with Gasteiger partial charge >= 0.3 is 0 Å². The minimum atomic E-state index is 0.254. The lowest BCUT2D eigenvalue weighted by Crippen LogP contribution is -2.04. The quantitative estimate of drug-likeness (QED) is 0.704. The van der Waals surface area contributed by atoms with Crippen LogP contribution in [0.5, 0.6) is 23.0 Å². The molecule has 0 radical (unpaired) electrons. The SMILES string of the molecule is COc1ccc(-c2nnn(Cc3ccc4c(c3)OCO4)n2)cc1OC. The van der Waals surface area contributed by atoms with E-state index in [4.69, 9.17) is 18.9 Å². The first-order valence-electron chi connectivity index (χ1n) is 7.65. The van der Waals surface area contributed by atoms with Gasteiger partial charge in [-0.3, -0.25) is 0 Å². The number of aromatic nitrogens is 4. The molecule has 0 fully saturated rings. The number of hydrogen-bond acceptors (Lipinski definition) is 7. The van der Waals surface area contributed by atoms with E-state index < -0.39 is 0 Å². The highest BCUT2D eigenvalue weighted by Crippen LogP contribution is 2.33. The summed E-state index contributed by atoms with van der Waals surface area (Å²) >= 11 is 0. The second kappa shape index (κ2) is 6.31. The molecule has 8 nitrogen and oxygen atoms in total. The number of benzene rings is 2. The lowest BCUT2D eigenvalue weighted by molar-refractivity contribution is 0.174. The molecular weight excluding hydrogens is 324 g/mol. The van der Waals surface area contributed by atoms with Crippen LogP contribution in [0.2, 0.25) is 0 Å². The van der Waals surface area contributed by atoms with E-state index in [1.54, 1.807) is 14.2 Å². The second-order valence-corrected chi connectivity index (χ2v) is 5.40. The molecule has 3 aromatic rings. The molecule has 8 heteroatoms. The van der Waals surface area contributed by atoms with Gasteiger partial charge in [-0.1, -0.05) is 6.07 Å². The Balaban J connectivity index is 1.56. The van der Waals surface area contributed by atoms with Crippen molar-refractivity contribution in [1.29, 1.82) is 0 Å². The fraction of sp³-hybridized carbons (Fsp3) is 0.235. The molecular formula is C17H16N4O4. The van der Waals surface area contributed by atoms with E-state index in [2.05, 4.69) is 15.4 Å². The summed E-state index contributed by atoms with van der Waals surface area (Å²) in [6.45, 7) is 0.737. The maximum absolute atomic E-state index is 5.39. The molecule has 1 aliphatic rings. The first-order chi connectivity index (χ1) is 12.3. The van der Waals surface area contributed by atoms with Gasteiger partial charge in [-0.2, -0.15) is 4.80 Å². The largest absolute Gasteiger partial charge is 0.493 e. The van der Waals surface area contributed by atoms with Crippen LogP contribution < -0.4 is 18.9 Å². The van der Waals surface area contributed by atoms with Gasteiger partial charge in [-0.25, -0.2) is 0 Å². The third-order valence-electron chi connectivity index (χ3n) is 3.86. The van der Waals surface area contributed by atoms with E-state index in [0.29, 0.717) is 23.9 Å². The molecule has 0 saturated heterocycles. The molecule has 1 aliphatic heterocycles. The zero-order chi connectivity index (χ0) is 17.2. The Morgan fingerprint density at radius 2 is 1.84 bits per heavy atom. The van der Waals surface area contributed by atoms with Gasteiger partial charge in [-0.15, -0.1) is 10.2 Å². The monoisotopic (exact) mass is 340 g/mol. The van der Waals surface area contributed by atoms with Crippen LogP contribution in [0.25, 0.3) is 11.4 Å². The molecule has 1 aromatic heterocycles. The summed E-state index contributed by atoms with van der Waals surface area (Å²) in [6.07, 6.45) is 0. The summed E-state index contributed by atoms with van der Waals surface area (Å²) < 4.78 is 21.2. The highest BCUT2D eigenvalue weighted by Gasteiger charge is 2.14. The predicted octanol–water partition coefficient (Wildman–Crippen LogP) is 2.13. The minimum absolute atomic E-state index is 0.254. The fourth-order valence-electron chi connectivity index (χ4n) is 2.60. The van der Waals surface area contributed by atoms with E-state index >= 15 is 0 Å². The molecule has 0 aliphatic carbocycles. The number of rotatable bonds is 5. The van der Waals surface area contributed by atoms with Crippen molar-refractivity contribution >= 4 is 0 Å².